The highest BCUT2D eigenvalue weighted by Gasteiger charge is 2.23. The van der Waals surface area contributed by atoms with Crippen LogP contribution in [0, 0.1) is 0 Å². The van der Waals surface area contributed by atoms with Crippen LogP contribution in [0.15, 0.2) is 47.8 Å². The van der Waals surface area contributed by atoms with Crippen LogP contribution >= 0.6 is 0 Å². The lowest BCUT2D eigenvalue weighted by atomic mass is 10.2. The van der Waals surface area contributed by atoms with Crippen LogP contribution in [0.2, 0.25) is 0 Å². The third kappa shape index (κ3) is 3.53. The number of anilines is 1. The molecule has 0 radical (unpaired) electrons. The maximum absolute atomic E-state index is 12.5. The van der Waals surface area contributed by atoms with Crippen LogP contribution in [0.25, 0.3) is 0 Å². The highest BCUT2D eigenvalue weighted by molar-refractivity contribution is 7.90. The first-order valence-electron chi connectivity index (χ1n) is 7.55. The number of carbonyl (C=O) groups excluding carboxylic acids is 1. The first-order chi connectivity index (χ1) is 11.4. The predicted octanol–water partition coefficient (Wildman–Crippen LogP) is 0.843. The van der Waals surface area contributed by atoms with E-state index in [-0.39, 0.29) is 10.8 Å². The van der Waals surface area contributed by atoms with Crippen molar-refractivity contribution in [2.45, 2.75) is 4.90 Å². The van der Waals surface area contributed by atoms with E-state index in [1.807, 2.05) is 0 Å². The second-order valence-corrected chi connectivity index (χ2v) is 7.66. The number of benzene rings is 1. The van der Waals surface area contributed by atoms with Crippen molar-refractivity contribution in [2.24, 2.45) is 0 Å². The summed E-state index contributed by atoms with van der Waals surface area (Å²) in [5.74, 6) is 0.718. The van der Waals surface area contributed by atoms with Gasteiger partial charge in [-0.3, -0.25) is 9.78 Å². The van der Waals surface area contributed by atoms with Crippen molar-refractivity contribution < 1.29 is 13.2 Å². The summed E-state index contributed by atoms with van der Waals surface area (Å²) in [5, 5.41) is 0. The molecule has 1 aromatic heterocycles. The van der Waals surface area contributed by atoms with E-state index in [0.717, 1.165) is 12.1 Å². The topological polar surface area (TPSA) is 83.5 Å². The number of carbonyl (C=O) groups is 1. The van der Waals surface area contributed by atoms with Gasteiger partial charge in [0.05, 0.1) is 11.1 Å². The molecule has 2 aromatic rings. The number of piperazine rings is 1. The Labute approximate surface area is 140 Å². The van der Waals surface area contributed by atoms with Gasteiger partial charge in [-0.25, -0.2) is 13.4 Å². The van der Waals surface area contributed by atoms with Crippen LogP contribution in [0.3, 0.4) is 0 Å². The lowest BCUT2D eigenvalue weighted by Crippen LogP contribution is -2.49. The predicted molar refractivity (Wildman–Crippen MR) is 89.7 cm³/mol. The zero-order chi connectivity index (χ0) is 17.2. The SMILES string of the molecule is CS(=O)(=O)c1ccc(C(=O)N2CCN(c3cnccn3)CC2)cc1. The highest BCUT2D eigenvalue weighted by Crippen LogP contribution is 2.15. The third-order valence-electron chi connectivity index (χ3n) is 3.97. The lowest BCUT2D eigenvalue weighted by Gasteiger charge is -2.35. The van der Waals surface area contributed by atoms with Gasteiger partial charge in [-0.2, -0.15) is 0 Å². The molecule has 0 aliphatic carbocycles. The molecule has 2 heterocycles. The van der Waals surface area contributed by atoms with Crippen LogP contribution in [0.5, 0.6) is 0 Å². The molecule has 1 saturated heterocycles. The summed E-state index contributed by atoms with van der Waals surface area (Å²) in [6.45, 7) is 2.55. The summed E-state index contributed by atoms with van der Waals surface area (Å²) in [5.41, 5.74) is 0.496. The largest absolute Gasteiger partial charge is 0.352 e. The van der Waals surface area contributed by atoms with Crippen molar-refractivity contribution in [2.75, 3.05) is 37.3 Å². The van der Waals surface area contributed by atoms with Gasteiger partial charge < -0.3 is 9.80 Å². The maximum atomic E-state index is 12.5. The van der Waals surface area contributed by atoms with Gasteiger partial charge in [-0.15, -0.1) is 0 Å². The molecule has 24 heavy (non-hydrogen) atoms. The number of hydrogen-bond donors (Lipinski definition) is 0. The van der Waals surface area contributed by atoms with Crippen molar-refractivity contribution in [1.82, 2.24) is 14.9 Å². The molecule has 8 heteroatoms. The number of hydrogen-bond acceptors (Lipinski definition) is 6. The van der Waals surface area contributed by atoms with E-state index in [4.69, 9.17) is 0 Å². The molecule has 0 N–H and O–H groups in total. The van der Waals surface area contributed by atoms with E-state index in [2.05, 4.69) is 14.9 Å². The number of nitrogens with zero attached hydrogens (tertiary/aromatic N) is 4. The molecule has 0 atom stereocenters. The molecule has 1 amide bonds. The maximum Gasteiger partial charge on any atom is 0.253 e. The van der Waals surface area contributed by atoms with Crippen molar-refractivity contribution in [3.63, 3.8) is 0 Å². The molecule has 0 spiro atoms. The minimum atomic E-state index is -3.25. The van der Waals surface area contributed by atoms with Gasteiger partial charge in [-0.1, -0.05) is 0 Å². The van der Waals surface area contributed by atoms with Crippen LogP contribution in [0.4, 0.5) is 5.82 Å². The Hall–Kier alpha value is -2.48. The number of amides is 1. The quantitative estimate of drug-likeness (QED) is 0.819. The van der Waals surface area contributed by atoms with Gasteiger partial charge in [0, 0.05) is 50.4 Å². The average Bonchev–Trinajstić information content (AvgIpc) is 2.61. The van der Waals surface area contributed by atoms with E-state index < -0.39 is 9.84 Å². The molecule has 1 aromatic carbocycles. The van der Waals surface area contributed by atoms with E-state index in [1.54, 1.807) is 35.6 Å². The fourth-order valence-electron chi connectivity index (χ4n) is 2.62. The van der Waals surface area contributed by atoms with Gasteiger partial charge in [0.15, 0.2) is 9.84 Å². The summed E-state index contributed by atoms with van der Waals surface area (Å²) in [6, 6.07) is 6.07. The number of aromatic nitrogens is 2. The van der Waals surface area contributed by atoms with E-state index in [0.29, 0.717) is 31.7 Å². The molecule has 7 nitrogen and oxygen atoms in total. The molecule has 0 saturated carbocycles. The first-order valence-corrected chi connectivity index (χ1v) is 9.44. The summed E-state index contributed by atoms with van der Waals surface area (Å²) in [6.07, 6.45) is 6.14. The number of sulfone groups is 1. The Morgan fingerprint density at radius 2 is 1.71 bits per heavy atom. The van der Waals surface area contributed by atoms with Gasteiger partial charge in [0.1, 0.15) is 5.82 Å². The standard InChI is InChI=1S/C16H18N4O3S/c1-24(22,23)14-4-2-13(3-5-14)16(21)20-10-8-19(9-11-20)15-12-17-6-7-18-15/h2-7,12H,8-11H2,1H3. The molecule has 0 unspecified atom stereocenters. The van der Waals surface area contributed by atoms with Crippen molar-refractivity contribution in [3.8, 4) is 0 Å². The average molecular weight is 346 g/mol. The molecule has 1 fully saturated rings. The number of rotatable bonds is 3. The third-order valence-corrected chi connectivity index (χ3v) is 5.10. The summed E-state index contributed by atoms with van der Waals surface area (Å²) < 4.78 is 22.9. The summed E-state index contributed by atoms with van der Waals surface area (Å²) in [4.78, 5) is 24.9. The molecule has 126 valence electrons. The van der Waals surface area contributed by atoms with Crippen LogP contribution in [-0.2, 0) is 9.84 Å². The zero-order valence-corrected chi connectivity index (χ0v) is 14.1. The first kappa shape index (κ1) is 16.4. The molecule has 3 rings (SSSR count). The fraction of sp³-hybridized carbons (Fsp3) is 0.312. The smallest absolute Gasteiger partial charge is 0.253 e. The summed E-state index contributed by atoms with van der Waals surface area (Å²) >= 11 is 0. The molecule has 1 aliphatic rings. The van der Waals surface area contributed by atoms with E-state index >= 15 is 0 Å². The molecule has 1 aliphatic heterocycles. The lowest BCUT2D eigenvalue weighted by molar-refractivity contribution is 0.0746. The van der Waals surface area contributed by atoms with Crippen LogP contribution < -0.4 is 4.90 Å². The van der Waals surface area contributed by atoms with E-state index in [9.17, 15) is 13.2 Å². The Kier molecular flexibility index (Phi) is 4.48. The van der Waals surface area contributed by atoms with Crippen molar-refractivity contribution >= 4 is 21.6 Å². The molecule has 0 bridgehead atoms. The van der Waals surface area contributed by atoms with Gasteiger partial charge in [0.2, 0.25) is 0 Å². The summed E-state index contributed by atoms with van der Waals surface area (Å²) in [7, 11) is -3.25. The van der Waals surface area contributed by atoms with Crippen molar-refractivity contribution in [1.29, 1.82) is 0 Å². The van der Waals surface area contributed by atoms with Crippen LogP contribution in [-0.4, -0.2) is 61.6 Å². The van der Waals surface area contributed by atoms with E-state index in [1.165, 1.54) is 12.1 Å². The minimum Gasteiger partial charge on any atom is -0.352 e. The van der Waals surface area contributed by atoms with Crippen molar-refractivity contribution in [3.05, 3.63) is 48.4 Å². The monoisotopic (exact) mass is 346 g/mol. The Morgan fingerprint density at radius 3 is 2.25 bits per heavy atom. The minimum absolute atomic E-state index is 0.0890. The highest BCUT2D eigenvalue weighted by atomic mass is 32.2. The normalized spacial score (nSPS) is 15.4. The van der Waals surface area contributed by atoms with Gasteiger partial charge in [-0.05, 0) is 24.3 Å². The second kappa shape index (κ2) is 6.56. The zero-order valence-electron chi connectivity index (χ0n) is 13.3. The van der Waals surface area contributed by atoms with Crippen LogP contribution in [0.1, 0.15) is 10.4 Å². The van der Waals surface area contributed by atoms with Gasteiger partial charge >= 0.3 is 0 Å². The van der Waals surface area contributed by atoms with Gasteiger partial charge in [0.25, 0.3) is 5.91 Å². The second-order valence-electron chi connectivity index (χ2n) is 5.64. The Balaban J connectivity index is 1.65. The fourth-order valence-corrected chi connectivity index (χ4v) is 3.25. The Bertz CT molecular complexity index is 814. The Morgan fingerprint density at radius 1 is 1.04 bits per heavy atom. The molecular formula is C16H18N4O3S. The molecular weight excluding hydrogens is 328 g/mol.